The third kappa shape index (κ3) is 3.24. The minimum Gasteiger partial charge on any atom is -0.396 e. The number of aromatic nitrogens is 1. The van der Waals surface area contributed by atoms with Gasteiger partial charge in [0.1, 0.15) is 5.69 Å². The van der Waals surface area contributed by atoms with Crippen LogP contribution in [-0.4, -0.2) is 45.1 Å². The van der Waals surface area contributed by atoms with Gasteiger partial charge < -0.3 is 14.6 Å². The van der Waals surface area contributed by atoms with Crippen LogP contribution in [0.5, 0.6) is 0 Å². The Hall–Kier alpha value is -1.89. The minimum atomic E-state index is -0.478. The fraction of sp³-hybridized carbons (Fsp3) is 0.643. The monoisotopic (exact) mass is 295 g/mol. The van der Waals surface area contributed by atoms with Gasteiger partial charge in [0.15, 0.2) is 0 Å². The maximum atomic E-state index is 12.6. The zero-order valence-corrected chi connectivity index (χ0v) is 12.4. The maximum Gasteiger partial charge on any atom is 0.287 e. The van der Waals surface area contributed by atoms with Gasteiger partial charge in [0.25, 0.3) is 11.6 Å². The van der Waals surface area contributed by atoms with Crippen LogP contribution in [0.4, 0.5) is 5.69 Å². The van der Waals surface area contributed by atoms with Crippen molar-refractivity contribution in [3.63, 3.8) is 0 Å². The second-order valence-corrected chi connectivity index (χ2v) is 5.76. The molecule has 1 fully saturated rings. The summed E-state index contributed by atoms with van der Waals surface area (Å²) >= 11 is 0. The number of hydrogen-bond donors (Lipinski definition) is 1. The fourth-order valence-electron chi connectivity index (χ4n) is 2.76. The Balaban J connectivity index is 2.21. The van der Waals surface area contributed by atoms with Gasteiger partial charge in [-0.05, 0) is 32.6 Å². The van der Waals surface area contributed by atoms with E-state index in [1.165, 1.54) is 12.3 Å². The SMILES string of the molecule is CC(C)n1cc([N+](=O)[O-])cc1C(=O)N1CCC(CCO)C1. The van der Waals surface area contributed by atoms with E-state index in [-0.39, 0.29) is 24.2 Å². The van der Waals surface area contributed by atoms with Crippen molar-refractivity contribution in [3.05, 3.63) is 28.1 Å². The number of carbonyl (C=O) groups excluding carboxylic acids is 1. The lowest BCUT2D eigenvalue weighted by Gasteiger charge is -2.19. The van der Waals surface area contributed by atoms with E-state index in [2.05, 4.69) is 0 Å². The number of carbonyl (C=O) groups is 1. The molecular weight excluding hydrogens is 274 g/mol. The summed E-state index contributed by atoms with van der Waals surface area (Å²) in [5.74, 6) is 0.147. The molecule has 1 atom stereocenters. The summed E-state index contributed by atoms with van der Waals surface area (Å²) < 4.78 is 1.65. The number of aliphatic hydroxyl groups is 1. The number of nitro groups is 1. The minimum absolute atomic E-state index is 0.0199. The molecule has 21 heavy (non-hydrogen) atoms. The highest BCUT2D eigenvalue weighted by Crippen LogP contribution is 2.25. The zero-order valence-electron chi connectivity index (χ0n) is 12.4. The molecule has 1 aromatic rings. The van der Waals surface area contributed by atoms with Gasteiger partial charge in [-0.2, -0.15) is 0 Å². The Kier molecular flexibility index (Phi) is 4.62. The third-order valence-corrected chi connectivity index (χ3v) is 3.93. The zero-order chi connectivity index (χ0) is 15.6. The smallest absolute Gasteiger partial charge is 0.287 e. The summed E-state index contributed by atoms with van der Waals surface area (Å²) in [5, 5.41) is 19.9. The number of amides is 1. The van der Waals surface area contributed by atoms with Gasteiger partial charge in [-0.1, -0.05) is 0 Å². The van der Waals surface area contributed by atoms with Crippen LogP contribution in [0.15, 0.2) is 12.3 Å². The van der Waals surface area contributed by atoms with Gasteiger partial charge >= 0.3 is 0 Å². The van der Waals surface area contributed by atoms with Crippen molar-refractivity contribution in [3.8, 4) is 0 Å². The van der Waals surface area contributed by atoms with Crippen molar-refractivity contribution in [1.82, 2.24) is 9.47 Å². The molecule has 0 radical (unpaired) electrons. The molecule has 1 amide bonds. The predicted molar refractivity (Wildman–Crippen MR) is 77.2 cm³/mol. The van der Waals surface area contributed by atoms with Crippen molar-refractivity contribution in [2.45, 2.75) is 32.7 Å². The van der Waals surface area contributed by atoms with Crippen molar-refractivity contribution >= 4 is 11.6 Å². The summed E-state index contributed by atoms with van der Waals surface area (Å²) in [6, 6.07) is 1.33. The number of rotatable bonds is 5. The summed E-state index contributed by atoms with van der Waals surface area (Å²) in [4.78, 5) is 24.7. The fourth-order valence-corrected chi connectivity index (χ4v) is 2.76. The molecule has 7 heteroatoms. The number of hydrogen-bond acceptors (Lipinski definition) is 4. The normalized spacial score (nSPS) is 18.5. The van der Waals surface area contributed by atoms with E-state index >= 15 is 0 Å². The van der Waals surface area contributed by atoms with E-state index in [1.807, 2.05) is 13.8 Å². The second-order valence-electron chi connectivity index (χ2n) is 5.76. The predicted octanol–water partition coefficient (Wildman–Crippen LogP) is 1.82. The Morgan fingerprint density at radius 2 is 2.29 bits per heavy atom. The number of likely N-dealkylation sites (tertiary alicyclic amines) is 1. The Morgan fingerprint density at radius 3 is 2.86 bits per heavy atom. The Bertz CT molecular complexity index is 538. The van der Waals surface area contributed by atoms with Crippen LogP contribution in [0, 0.1) is 16.0 Å². The molecule has 1 unspecified atom stereocenters. The van der Waals surface area contributed by atoms with E-state index in [9.17, 15) is 14.9 Å². The number of aliphatic hydroxyl groups excluding tert-OH is 1. The van der Waals surface area contributed by atoms with Gasteiger partial charge in [-0.15, -0.1) is 0 Å². The average molecular weight is 295 g/mol. The molecule has 0 aromatic carbocycles. The highest BCUT2D eigenvalue weighted by molar-refractivity contribution is 5.93. The first-order chi connectivity index (χ1) is 9.93. The van der Waals surface area contributed by atoms with E-state index in [0.717, 1.165) is 6.42 Å². The molecule has 0 spiro atoms. The molecule has 0 aliphatic carbocycles. The molecule has 2 rings (SSSR count). The first-order valence-corrected chi connectivity index (χ1v) is 7.20. The van der Waals surface area contributed by atoms with Crippen LogP contribution in [0.3, 0.4) is 0 Å². The highest BCUT2D eigenvalue weighted by Gasteiger charge is 2.30. The molecular formula is C14H21N3O4. The van der Waals surface area contributed by atoms with Crippen LogP contribution < -0.4 is 0 Å². The van der Waals surface area contributed by atoms with Crippen LogP contribution in [-0.2, 0) is 0 Å². The van der Waals surface area contributed by atoms with E-state index in [4.69, 9.17) is 5.11 Å². The first kappa shape index (κ1) is 15.5. The third-order valence-electron chi connectivity index (χ3n) is 3.93. The lowest BCUT2D eigenvalue weighted by Crippen LogP contribution is -2.30. The van der Waals surface area contributed by atoms with E-state index < -0.39 is 4.92 Å². The van der Waals surface area contributed by atoms with Crippen LogP contribution in [0.2, 0.25) is 0 Å². The summed E-state index contributed by atoms with van der Waals surface area (Å²) in [6.45, 7) is 5.15. The van der Waals surface area contributed by atoms with E-state index in [0.29, 0.717) is 31.1 Å². The van der Waals surface area contributed by atoms with Crippen molar-refractivity contribution in [2.24, 2.45) is 5.92 Å². The van der Waals surface area contributed by atoms with Gasteiger partial charge in [0.05, 0.1) is 11.1 Å². The van der Waals surface area contributed by atoms with Gasteiger partial charge in [-0.3, -0.25) is 14.9 Å². The van der Waals surface area contributed by atoms with Crippen LogP contribution in [0.25, 0.3) is 0 Å². The molecule has 116 valence electrons. The van der Waals surface area contributed by atoms with Crippen LogP contribution >= 0.6 is 0 Å². The molecule has 1 aromatic heterocycles. The highest BCUT2D eigenvalue weighted by atomic mass is 16.6. The molecule has 1 saturated heterocycles. The first-order valence-electron chi connectivity index (χ1n) is 7.20. The Morgan fingerprint density at radius 1 is 1.57 bits per heavy atom. The molecule has 1 N–H and O–H groups in total. The lowest BCUT2D eigenvalue weighted by molar-refractivity contribution is -0.384. The average Bonchev–Trinajstić information content (AvgIpc) is 3.04. The largest absolute Gasteiger partial charge is 0.396 e. The summed E-state index contributed by atoms with van der Waals surface area (Å²) in [6.07, 6.45) is 2.98. The van der Waals surface area contributed by atoms with Gasteiger partial charge in [0, 0.05) is 31.8 Å². The van der Waals surface area contributed by atoms with Crippen molar-refractivity contribution in [2.75, 3.05) is 19.7 Å². The standard InChI is InChI=1S/C14H21N3O4/c1-10(2)16-9-12(17(20)21)7-13(16)14(19)15-5-3-11(8-15)4-6-18/h7,9-11,18H,3-6,8H2,1-2H3. The summed E-state index contributed by atoms with van der Waals surface area (Å²) in [5.41, 5.74) is 0.305. The molecule has 7 nitrogen and oxygen atoms in total. The quantitative estimate of drug-likeness (QED) is 0.663. The maximum absolute atomic E-state index is 12.6. The van der Waals surface area contributed by atoms with Gasteiger partial charge in [0.2, 0.25) is 0 Å². The van der Waals surface area contributed by atoms with Gasteiger partial charge in [-0.25, -0.2) is 0 Å². The molecule has 1 aliphatic rings. The molecule has 1 aliphatic heterocycles. The van der Waals surface area contributed by atoms with E-state index in [1.54, 1.807) is 9.47 Å². The number of nitrogens with zero attached hydrogens (tertiary/aromatic N) is 3. The second kappa shape index (κ2) is 6.26. The lowest BCUT2D eigenvalue weighted by atomic mass is 10.1. The summed E-state index contributed by atoms with van der Waals surface area (Å²) in [7, 11) is 0. The topological polar surface area (TPSA) is 88.6 Å². The van der Waals surface area contributed by atoms with Crippen molar-refractivity contribution in [1.29, 1.82) is 0 Å². The van der Waals surface area contributed by atoms with Crippen LogP contribution in [0.1, 0.15) is 43.2 Å². The Labute approximate surface area is 123 Å². The molecule has 0 saturated carbocycles. The van der Waals surface area contributed by atoms with Crippen molar-refractivity contribution < 1.29 is 14.8 Å². The molecule has 0 bridgehead atoms. The molecule has 2 heterocycles.